The fourth-order valence-electron chi connectivity index (χ4n) is 5.31. The van der Waals surface area contributed by atoms with Crippen LogP contribution in [0.2, 0.25) is 0 Å². The van der Waals surface area contributed by atoms with Crippen molar-refractivity contribution in [1.29, 1.82) is 0 Å². The number of carboxylic acids is 1. The second kappa shape index (κ2) is 10.3. The predicted octanol–water partition coefficient (Wildman–Crippen LogP) is 2.15. The van der Waals surface area contributed by atoms with Gasteiger partial charge < -0.3 is 34.3 Å². The molecule has 2 aliphatic rings. The molecule has 1 saturated heterocycles. The van der Waals surface area contributed by atoms with Gasteiger partial charge in [-0.3, -0.25) is 23.3 Å². The van der Waals surface area contributed by atoms with Crippen LogP contribution in [0.25, 0.3) is 16.7 Å². The van der Waals surface area contributed by atoms with Crippen molar-refractivity contribution in [1.82, 2.24) is 9.55 Å². The zero-order valence-electron chi connectivity index (χ0n) is 21.8. The number of carbonyl (C=O) groups excluding carboxylic acids is 1. The molecule has 1 aliphatic carbocycles. The van der Waals surface area contributed by atoms with Crippen LogP contribution in [0.15, 0.2) is 35.3 Å². The SMILES string of the molecule is CC(OC(=O)CC1[C@H]2CN(c3nc4c(cc3F)c(=O)c(C(=O)O)cn4-c3ccc(F)cc3F)C[C@@H]12)(P(=O)(O)O)P(=O)(O)O. The number of anilines is 1. The van der Waals surface area contributed by atoms with Crippen molar-refractivity contribution in [2.75, 3.05) is 18.0 Å². The van der Waals surface area contributed by atoms with Gasteiger partial charge in [0.1, 0.15) is 17.2 Å². The predicted molar refractivity (Wildman–Crippen MR) is 140 cm³/mol. The van der Waals surface area contributed by atoms with Gasteiger partial charge in [0.2, 0.25) is 5.43 Å². The number of aromatic carboxylic acids is 1. The van der Waals surface area contributed by atoms with Crippen molar-refractivity contribution in [2.45, 2.75) is 18.4 Å². The fourth-order valence-corrected chi connectivity index (χ4v) is 7.11. The first-order valence-electron chi connectivity index (χ1n) is 12.4. The van der Waals surface area contributed by atoms with Gasteiger partial charge in [-0.25, -0.2) is 22.9 Å². The summed E-state index contributed by atoms with van der Waals surface area (Å²) < 4.78 is 72.3. The average molecular weight is 647 g/mol. The first kappa shape index (κ1) is 30.9. The van der Waals surface area contributed by atoms with Crippen molar-refractivity contribution in [3.8, 4) is 5.69 Å². The monoisotopic (exact) mass is 647 g/mol. The lowest BCUT2D eigenvalue weighted by molar-refractivity contribution is -0.149. The van der Waals surface area contributed by atoms with Crippen LogP contribution in [0.4, 0.5) is 19.0 Å². The van der Waals surface area contributed by atoms with E-state index in [2.05, 4.69) is 9.72 Å². The van der Waals surface area contributed by atoms with Crippen LogP contribution in [0.5, 0.6) is 0 Å². The summed E-state index contributed by atoms with van der Waals surface area (Å²) in [6.45, 7) is 0.649. The van der Waals surface area contributed by atoms with E-state index in [1.165, 1.54) is 4.90 Å². The maximum Gasteiger partial charge on any atom is 0.381 e. The molecule has 3 atom stereocenters. The van der Waals surface area contributed by atoms with Gasteiger partial charge in [-0.2, -0.15) is 0 Å². The Kier molecular flexibility index (Phi) is 7.36. The number of aromatic nitrogens is 2. The van der Waals surface area contributed by atoms with Gasteiger partial charge >= 0.3 is 32.2 Å². The van der Waals surface area contributed by atoms with Crippen LogP contribution in [0, 0.1) is 35.2 Å². The van der Waals surface area contributed by atoms with E-state index in [4.69, 9.17) is 0 Å². The highest BCUT2D eigenvalue weighted by Gasteiger charge is 2.62. The lowest BCUT2D eigenvalue weighted by Gasteiger charge is -2.30. The number of halogens is 3. The Hall–Kier alpha value is -3.59. The highest BCUT2D eigenvalue weighted by atomic mass is 31.2. The van der Waals surface area contributed by atoms with Gasteiger partial charge in [-0.05, 0) is 42.9 Å². The number of fused-ring (bicyclic) bond motifs is 2. The van der Waals surface area contributed by atoms with E-state index in [0.29, 0.717) is 13.0 Å². The van der Waals surface area contributed by atoms with Crippen LogP contribution < -0.4 is 10.3 Å². The van der Waals surface area contributed by atoms with E-state index in [-0.39, 0.29) is 42.1 Å². The summed E-state index contributed by atoms with van der Waals surface area (Å²) in [5.74, 6) is -7.21. The molecule has 0 amide bonds. The third kappa shape index (κ3) is 5.26. The third-order valence-electron chi connectivity index (χ3n) is 7.77. The van der Waals surface area contributed by atoms with Crippen LogP contribution in [0.1, 0.15) is 23.7 Å². The van der Waals surface area contributed by atoms with E-state index in [9.17, 15) is 57.0 Å². The summed E-state index contributed by atoms with van der Waals surface area (Å²) in [6, 6.07) is 3.18. The van der Waals surface area contributed by atoms with Crippen LogP contribution in [-0.4, -0.2) is 64.3 Å². The van der Waals surface area contributed by atoms with Gasteiger partial charge in [-0.15, -0.1) is 0 Å². The maximum absolute atomic E-state index is 15.3. The first-order chi connectivity index (χ1) is 19.8. The Labute approximate surface area is 238 Å². The van der Waals surface area contributed by atoms with Gasteiger partial charge in [-0.1, -0.05) is 0 Å². The number of carbonyl (C=O) groups is 2. The molecule has 3 heterocycles. The summed E-state index contributed by atoms with van der Waals surface area (Å²) in [6.07, 6.45) is 0.359. The second-order valence-corrected chi connectivity index (χ2v) is 14.6. The lowest BCUT2D eigenvalue weighted by atomic mass is 10.1. The minimum absolute atomic E-state index is 0.106. The number of hydrogen-bond donors (Lipinski definition) is 5. The maximum atomic E-state index is 15.3. The van der Waals surface area contributed by atoms with Crippen LogP contribution >= 0.6 is 15.2 Å². The topological polar surface area (TPSA) is 217 Å². The molecule has 5 N–H and O–H groups in total. The molecule has 3 aromatic rings. The highest BCUT2D eigenvalue weighted by Crippen LogP contribution is 2.69. The second-order valence-electron chi connectivity index (χ2n) is 10.4. The molecular weight excluding hydrogens is 625 g/mol. The Morgan fingerprint density at radius 2 is 1.65 bits per heavy atom. The van der Waals surface area contributed by atoms with E-state index in [1.807, 2.05) is 0 Å². The molecule has 0 spiro atoms. The summed E-state index contributed by atoms with van der Waals surface area (Å²) in [7, 11) is -11.2. The average Bonchev–Trinajstić information content (AvgIpc) is 3.30. The molecule has 1 saturated carbocycles. The Bertz CT molecular complexity index is 1820. The van der Waals surface area contributed by atoms with Crippen molar-refractivity contribution in [2.24, 2.45) is 17.8 Å². The number of ether oxygens (including phenoxy) is 1. The molecule has 5 rings (SSSR count). The largest absolute Gasteiger partial charge is 0.477 e. The van der Waals surface area contributed by atoms with Crippen molar-refractivity contribution in [3.05, 3.63) is 63.7 Å². The highest BCUT2D eigenvalue weighted by molar-refractivity contribution is 7.72. The molecule has 0 radical (unpaired) electrons. The number of nitrogens with zero attached hydrogens (tertiary/aromatic N) is 3. The minimum Gasteiger partial charge on any atom is -0.477 e. The Morgan fingerprint density at radius 3 is 2.19 bits per heavy atom. The van der Waals surface area contributed by atoms with Crippen LogP contribution in [-0.2, 0) is 18.7 Å². The van der Waals surface area contributed by atoms with E-state index < -0.39 is 78.4 Å². The Morgan fingerprint density at radius 1 is 1.05 bits per heavy atom. The van der Waals surface area contributed by atoms with Crippen LogP contribution in [0.3, 0.4) is 0 Å². The molecule has 14 nitrogen and oxygen atoms in total. The molecule has 19 heteroatoms. The smallest absolute Gasteiger partial charge is 0.381 e. The molecule has 43 heavy (non-hydrogen) atoms. The molecule has 0 bridgehead atoms. The van der Waals surface area contributed by atoms with E-state index >= 15 is 4.39 Å². The van der Waals surface area contributed by atoms with Gasteiger partial charge in [0.05, 0.1) is 11.1 Å². The normalized spacial score (nSPS) is 20.3. The molecule has 2 fully saturated rings. The number of esters is 1. The van der Waals surface area contributed by atoms with E-state index in [1.54, 1.807) is 0 Å². The summed E-state index contributed by atoms with van der Waals surface area (Å²) >= 11 is 0. The number of benzene rings is 1. The minimum atomic E-state index is -5.59. The number of piperidine rings is 1. The molecule has 230 valence electrons. The molecule has 1 aromatic carbocycles. The van der Waals surface area contributed by atoms with Gasteiger partial charge in [0.15, 0.2) is 17.3 Å². The summed E-state index contributed by atoms with van der Waals surface area (Å²) in [4.78, 5) is 80.0. The zero-order valence-corrected chi connectivity index (χ0v) is 23.6. The molecule has 2 aromatic heterocycles. The van der Waals surface area contributed by atoms with Crippen molar-refractivity contribution < 1.29 is 61.3 Å². The molecule has 1 aliphatic heterocycles. The van der Waals surface area contributed by atoms with Gasteiger partial charge in [0, 0.05) is 31.8 Å². The molecule has 1 unspecified atom stereocenters. The summed E-state index contributed by atoms with van der Waals surface area (Å²) in [5.41, 5.74) is -2.57. The number of rotatable bonds is 8. The summed E-state index contributed by atoms with van der Waals surface area (Å²) in [5, 5.41) is 5.62. The van der Waals surface area contributed by atoms with Crippen molar-refractivity contribution in [3.63, 3.8) is 0 Å². The van der Waals surface area contributed by atoms with Crippen molar-refractivity contribution >= 4 is 44.0 Å². The first-order valence-corrected chi connectivity index (χ1v) is 15.6. The number of hydrogen-bond acceptors (Lipinski definition) is 8. The third-order valence-corrected chi connectivity index (χ3v) is 11.7. The quantitative estimate of drug-likeness (QED) is 0.175. The lowest BCUT2D eigenvalue weighted by Crippen LogP contribution is -2.32. The molecular formula is C24H22F3N3O11P2. The number of pyridine rings is 2. The number of carboxylic acid groups (broad SMARTS) is 1. The van der Waals surface area contributed by atoms with E-state index in [0.717, 1.165) is 29.0 Å². The fraction of sp³-hybridized carbons (Fsp3) is 0.333. The Balaban J connectivity index is 1.41. The standard InChI is InChI=1S/C24H22F3N3O11P2/c1-24(42(35,36)37,43(38,39)40)41-19(31)6-11-13-7-29(8-14(11)13)22-17(27)5-12-20(32)15(23(33)34)9-30(21(12)28-22)18-3-2-10(25)4-16(18)26/h2-5,9,11,13-14H,6-8H2,1H3,(H,33,34)(H2,35,36,37)(H2,38,39,40)/t11?,13-,14+. The van der Waals surface area contributed by atoms with Gasteiger partial charge in [0.25, 0.3) is 0 Å². The zero-order chi connectivity index (χ0) is 31.8.